The molecule has 2 unspecified atom stereocenters. The van der Waals surface area contributed by atoms with Crippen LogP contribution in [0.1, 0.15) is 60.8 Å². The van der Waals surface area contributed by atoms with Crippen LogP contribution in [0.5, 0.6) is 0 Å². The van der Waals surface area contributed by atoms with Crippen molar-refractivity contribution in [2.75, 3.05) is 19.6 Å². The van der Waals surface area contributed by atoms with Gasteiger partial charge in [-0.3, -0.25) is 0 Å². The average molecular weight is 254 g/mol. The molecule has 0 saturated carbocycles. The van der Waals surface area contributed by atoms with Gasteiger partial charge in [0.1, 0.15) is 0 Å². The normalized spacial score (nSPS) is 29.0. The van der Waals surface area contributed by atoms with E-state index in [4.69, 9.17) is 0 Å². The third kappa shape index (κ3) is 5.27. The van der Waals surface area contributed by atoms with Crippen LogP contribution in [0.2, 0.25) is 0 Å². The first-order valence-electron chi connectivity index (χ1n) is 7.65. The molecule has 2 atom stereocenters. The van der Waals surface area contributed by atoms with Crippen LogP contribution in [0.25, 0.3) is 0 Å². The molecule has 2 fully saturated rings. The van der Waals surface area contributed by atoms with Crippen LogP contribution in [-0.2, 0) is 0 Å². The molecule has 0 amide bonds. The molecule has 0 aromatic heterocycles. The average Bonchev–Trinajstić information content (AvgIpc) is 2.91. The molecular formula is C16H34N2. The molecule has 18 heavy (non-hydrogen) atoms. The summed E-state index contributed by atoms with van der Waals surface area (Å²) in [5.41, 5.74) is 0.986. The number of hydrogen-bond donors (Lipinski definition) is 2. The van der Waals surface area contributed by atoms with Gasteiger partial charge in [0, 0.05) is 6.04 Å². The molecule has 0 radical (unpaired) electrons. The molecule has 0 bridgehead atoms. The zero-order chi connectivity index (χ0) is 13.8. The molecule has 2 N–H and O–H groups in total. The van der Waals surface area contributed by atoms with Gasteiger partial charge in [0.2, 0.25) is 0 Å². The molecule has 2 rings (SSSR count). The van der Waals surface area contributed by atoms with Gasteiger partial charge in [-0.25, -0.2) is 0 Å². The second-order valence-corrected chi connectivity index (χ2v) is 8.07. The molecule has 2 heteroatoms. The van der Waals surface area contributed by atoms with E-state index < -0.39 is 0 Å². The Morgan fingerprint density at radius 3 is 1.72 bits per heavy atom. The molecule has 108 valence electrons. The van der Waals surface area contributed by atoms with Crippen LogP contribution >= 0.6 is 0 Å². The first-order valence-corrected chi connectivity index (χ1v) is 7.65. The maximum absolute atomic E-state index is 3.50. The van der Waals surface area contributed by atoms with Crippen LogP contribution in [0.4, 0.5) is 0 Å². The lowest BCUT2D eigenvalue weighted by Crippen LogP contribution is -2.34. The highest BCUT2D eigenvalue weighted by Crippen LogP contribution is 2.29. The van der Waals surface area contributed by atoms with E-state index >= 15 is 0 Å². The largest absolute Gasteiger partial charge is 0.316 e. The van der Waals surface area contributed by atoms with E-state index in [1.165, 1.54) is 38.9 Å². The topological polar surface area (TPSA) is 24.1 Å². The van der Waals surface area contributed by atoms with Crippen LogP contribution < -0.4 is 10.6 Å². The first-order chi connectivity index (χ1) is 8.21. The second kappa shape index (κ2) is 6.38. The maximum Gasteiger partial charge on any atom is 0.0116 e. The summed E-state index contributed by atoms with van der Waals surface area (Å²) in [6, 6.07) is 0.762. The summed E-state index contributed by atoms with van der Waals surface area (Å²) < 4.78 is 0. The van der Waals surface area contributed by atoms with Crippen molar-refractivity contribution in [3.05, 3.63) is 0 Å². The summed E-state index contributed by atoms with van der Waals surface area (Å²) in [5.74, 6) is 0.900. The number of rotatable bonds is 0. The highest BCUT2D eigenvalue weighted by Gasteiger charge is 2.27. The Balaban J connectivity index is 0.000000180. The summed E-state index contributed by atoms with van der Waals surface area (Å²) >= 11 is 0. The molecule has 0 spiro atoms. The van der Waals surface area contributed by atoms with Crippen LogP contribution in [0, 0.1) is 16.7 Å². The summed E-state index contributed by atoms with van der Waals surface area (Å²) in [6.45, 7) is 17.6. The highest BCUT2D eigenvalue weighted by molar-refractivity contribution is 4.84. The van der Waals surface area contributed by atoms with Crippen LogP contribution in [0.15, 0.2) is 0 Å². The Labute approximate surface area is 114 Å². The van der Waals surface area contributed by atoms with E-state index in [-0.39, 0.29) is 0 Å². The van der Waals surface area contributed by atoms with Gasteiger partial charge in [0.15, 0.2) is 0 Å². The minimum Gasteiger partial charge on any atom is -0.316 e. The minimum absolute atomic E-state index is 0.469. The zero-order valence-electron chi connectivity index (χ0n) is 13.4. The molecule has 0 aliphatic carbocycles. The minimum atomic E-state index is 0.469. The lowest BCUT2D eigenvalue weighted by molar-refractivity contribution is 0.261. The Kier molecular flexibility index (Phi) is 5.67. The molecule has 2 saturated heterocycles. The molecule has 2 aliphatic rings. The van der Waals surface area contributed by atoms with Crippen molar-refractivity contribution in [1.29, 1.82) is 0 Å². The van der Waals surface area contributed by atoms with Crippen molar-refractivity contribution in [2.45, 2.75) is 66.8 Å². The summed E-state index contributed by atoms with van der Waals surface area (Å²) in [4.78, 5) is 0. The second-order valence-electron chi connectivity index (χ2n) is 8.07. The fourth-order valence-electron chi connectivity index (χ4n) is 2.82. The molecule has 0 aromatic carbocycles. The molecule has 0 aromatic rings. The van der Waals surface area contributed by atoms with E-state index in [0.717, 1.165) is 12.0 Å². The predicted octanol–water partition coefficient (Wildman–Crippen LogP) is 3.43. The predicted molar refractivity (Wildman–Crippen MR) is 80.9 cm³/mol. The van der Waals surface area contributed by atoms with Crippen molar-refractivity contribution < 1.29 is 0 Å². The highest BCUT2D eigenvalue weighted by atomic mass is 14.9. The van der Waals surface area contributed by atoms with Gasteiger partial charge >= 0.3 is 0 Å². The fraction of sp³-hybridized carbons (Fsp3) is 1.00. The molecule has 2 nitrogen and oxygen atoms in total. The fourth-order valence-corrected chi connectivity index (χ4v) is 2.82. The van der Waals surface area contributed by atoms with Crippen molar-refractivity contribution in [2.24, 2.45) is 16.7 Å². The lowest BCUT2D eigenvalue weighted by atomic mass is 9.80. The number of hydrogen-bond acceptors (Lipinski definition) is 2. The third-order valence-electron chi connectivity index (χ3n) is 4.39. The van der Waals surface area contributed by atoms with Gasteiger partial charge in [-0.15, -0.1) is 0 Å². The van der Waals surface area contributed by atoms with Gasteiger partial charge in [-0.05, 0) is 55.6 Å². The SMILES string of the molecule is CC(C)(C)C1CCCN1.CC(C)(C)C1CCNC1. The van der Waals surface area contributed by atoms with Gasteiger partial charge in [-0.2, -0.15) is 0 Å². The van der Waals surface area contributed by atoms with E-state index in [1.54, 1.807) is 0 Å². The number of nitrogens with one attached hydrogen (secondary N) is 2. The Bertz CT molecular complexity index is 196. The van der Waals surface area contributed by atoms with Gasteiger partial charge in [0.05, 0.1) is 0 Å². The van der Waals surface area contributed by atoms with Gasteiger partial charge < -0.3 is 10.6 Å². The lowest BCUT2D eigenvalue weighted by Gasteiger charge is -2.26. The first kappa shape index (κ1) is 16.0. The van der Waals surface area contributed by atoms with Crippen molar-refractivity contribution in [3.8, 4) is 0 Å². The van der Waals surface area contributed by atoms with Crippen molar-refractivity contribution in [3.63, 3.8) is 0 Å². The summed E-state index contributed by atoms with van der Waals surface area (Å²) in [7, 11) is 0. The molecular weight excluding hydrogens is 220 g/mol. The van der Waals surface area contributed by atoms with Crippen molar-refractivity contribution >= 4 is 0 Å². The Morgan fingerprint density at radius 2 is 1.50 bits per heavy atom. The Morgan fingerprint density at radius 1 is 0.833 bits per heavy atom. The quantitative estimate of drug-likeness (QED) is 0.692. The Hall–Kier alpha value is -0.0800. The summed E-state index contributed by atoms with van der Waals surface area (Å²) in [5, 5.41) is 6.88. The molecule has 2 aliphatic heterocycles. The van der Waals surface area contributed by atoms with E-state index in [2.05, 4.69) is 52.2 Å². The third-order valence-corrected chi connectivity index (χ3v) is 4.39. The van der Waals surface area contributed by atoms with Crippen LogP contribution in [0.3, 0.4) is 0 Å². The summed E-state index contributed by atoms with van der Waals surface area (Å²) in [6.07, 6.45) is 4.09. The zero-order valence-corrected chi connectivity index (χ0v) is 13.4. The van der Waals surface area contributed by atoms with Gasteiger partial charge in [-0.1, -0.05) is 41.5 Å². The van der Waals surface area contributed by atoms with Gasteiger partial charge in [0.25, 0.3) is 0 Å². The smallest absolute Gasteiger partial charge is 0.0116 e. The molecule has 2 heterocycles. The van der Waals surface area contributed by atoms with E-state index in [0.29, 0.717) is 10.8 Å². The van der Waals surface area contributed by atoms with Crippen molar-refractivity contribution in [1.82, 2.24) is 10.6 Å². The van der Waals surface area contributed by atoms with E-state index in [9.17, 15) is 0 Å². The van der Waals surface area contributed by atoms with Crippen LogP contribution in [-0.4, -0.2) is 25.7 Å². The standard InChI is InChI=1S/2C8H17N/c1-8(2,3)7-4-5-9-6-7;1-8(2,3)7-5-4-6-9-7/h2*7,9H,4-6H2,1-3H3. The maximum atomic E-state index is 3.50. The monoisotopic (exact) mass is 254 g/mol. The van der Waals surface area contributed by atoms with E-state index in [1.807, 2.05) is 0 Å².